The van der Waals surface area contributed by atoms with Gasteiger partial charge in [0.15, 0.2) is 0 Å². The first-order valence-electron chi connectivity index (χ1n) is 9.18. The Balaban J connectivity index is 1.67. The molecule has 1 aliphatic rings. The number of ether oxygens (including phenoxy) is 1. The second kappa shape index (κ2) is 7.57. The van der Waals surface area contributed by atoms with Crippen molar-refractivity contribution in [1.82, 2.24) is 9.13 Å². The minimum Gasteiger partial charge on any atom is -0.489 e. The predicted molar refractivity (Wildman–Crippen MR) is 104 cm³/mol. The molecule has 0 aliphatic heterocycles. The highest BCUT2D eigenvalue weighted by Gasteiger charge is 2.27. The van der Waals surface area contributed by atoms with E-state index in [-0.39, 0.29) is 23.8 Å². The van der Waals surface area contributed by atoms with E-state index in [1.54, 1.807) is 0 Å². The first kappa shape index (κ1) is 17.8. The van der Waals surface area contributed by atoms with E-state index < -0.39 is 5.56 Å². The molecular weight excluding hydrogens is 354 g/mol. The number of nitrogens with zero attached hydrogens (tertiary/aromatic N) is 3. The Labute approximate surface area is 161 Å². The Hall–Kier alpha value is -3.59. The van der Waals surface area contributed by atoms with Gasteiger partial charge in [-0.25, -0.2) is 4.79 Å². The largest absolute Gasteiger partial charge is 0.489 e. The van der Waals surface area contributed by atoms with Crippen LogP contribution in [0.15, 0.2) is 70.4 Å². The molecule has 0 atom stereocenters. The lowest BCUT2D eigenvalue weighted by Crippen LogP contribution is -2.41. The Kier molecular flexibility index (Phi) is 4.81. The van der Waals surface area contributed by atoms with Gasteiger partial charge < -0.3 is 4.74 Å². The number of nitriles is 1. The fraction of sp³-hybridized carbons (Fsp3) is 0.227. The average molecular weight is 373 g/mol. The SMILES string of the molecule is N#Cc1cn(C2CC2)c(=O)n(Cc2ccccc2OCc2ccccc2)c1=O. The van der Waals surface area contributed by atoms with Crippen LogP contribution in [0.4, 0.5) is 0 Å². The average Bonchev–Trinajstić information content (AvgIpc) is 3.56. The standard InChI is InChI=1S/C22H19N3O3/c23-12-18-14-24(19-10-11-19)22(27)25(21(18)26)13-17-8-4-5-9-20(17)28-15-16-6-2-1-3-7-16/h1-9,14,19H,10-11,13,15H2. The topological polar surface area (TPSA) is 77.0 Å². The summed E-state index contributed by atoms with van der Waals surface area (Å²) in [4.78, 5) is 25.4. The Morgan fingerprint density at radius 3 is 2.46 bits per heavy atom. The van der Waals surface area contributed by atoms with E-state index in [0.717, 1.165) is 28.5 Å². The number of para-hydroxylation sites is 1. The molecule has 28 heavy (non-hydrogen) atoms. The maximum atomic E-state index is 12.8. The maximum absolute atomic E-state index is 12.8. The summed E-state index contributed by atoms with van der Waals surface area (Å²) in [6.07, 6.45) is 3.16. The van der Waals surface area contributed by atoms with Crippen molar-refractivity contribution in [3.63, 3.8) is 0 Å². The summed E-state index contributed by atoms with van der Waals surface area (Å²) >= 11 is 0. The van der Waals surface area contributed by atoms with Crippen molar-refractivity contribution in [2.75, 3.05) is 0 Å². The molecule has 0 bridgehead atoms. The fourth-order valence-electron chi connectivity index (χ4n) is 3.13. The van der Waals surface area contributed by atoms with Crippen LogP contribution in [0.5, 0.6) is 5.75 Å². The molecule has 0 radical (unpaired) electrons. The van der Waals surface area contributed by atoms with Gasteiger partial charge in [0.25, 0.3) is 5.56 Å². The van der Waals surface area contributed by atoms with Crippen LogP contribution in [0.2, 0.25) is 0 Å². The molecule has 0 N–H and O–H groups in total. The van der Waals surface area contributed by atoms with E-state index in [4.69, 9.17) is 4.74 Å². The van der Waals surface area contributed by atoms with Crippen molar-refractivity contribution in [3.05, 3.63) is 98.3 Å². The molecule has 1 heterocycles. The fourth-order valence-corrected chi connectivity index (χ4v) is 3.13. The summed E-state index contributed by atoms with van der Waals surface area (Å²) in [6.45, 7) is 0.447. The summed E-state index contributed by atoms with van der Waals surface area (Å²) in [7, 11) is 0. The summed E-state index contributed by atoms with van der Waals surface area (Å²) in [5.41, 5.74) is 0.771. The minimum absolute atomic E-state index is 0.0193. The van der Waals surface area contributed by atoms with E-state index >= 15 is 0 Å². The normalized spacial score (nSPS) is 13.1. The molecule has 0 unspecified atom stereocenters. The van der Waals surface area contributed by atoms with Crippen LogP contribution in [0.25, 0.3) is 0 Å². The summed E-state index contributed by atoms with van der Waals surface area (Å²) in [5, 5.41) is 9.29. The molecule has 6 nitrogen and oxygen atoms in total. The third kappa shape index (κ3) is 3.60. The van der Waals surface area contributed by atoms with Crippen molar-refractivity contribution in [3.8, 4) is 11.8 Å². The molecule has 1 saturated carbocycles. The van der Waals surface area contributed by atoms with E-state index in [1.807, 2.05) is 60.7 Å². The monoisotopic (exact) mass is 373 g/mol. The molecule has 1 aliphatic carbocycles. The first-order valence-corrected chi connectivity index (χ1v) is 9.18. The smallest absolute Gasteiger partial charge is 0.331 e. The van der Waals surface area contributed by atoms with Crippen molar-refractivity contribution in [2.24, 2.45) is 0 Å². The summed E-state index contributed by atoms with van der Waals surface area (Å²) in [6, 6.07) is 19.1. The number of hydrogen-bond donors (Lipinski definition) is 0. The van der Waals surface area contributed by atoms with Gasteiger partial charge in [-0.2, -0.15) is 5.26 Å². The zero-order valence-corrected chi connectivity index (χ0v) is 15.2. The highest BCUT2D eigenvalue weighted by Crippen LogP contribution is 2.33. The highest BCUT2D eigenvalue weighted by atomic mass is 16.5. The highest BCUT2D eigenvalue weighted by molar-refractivity contribution is 5.34. The zero-order chi connectivity index (χ0) is 19.5. The van der Waals surface area contributed by atoms with E-state index in [0.29, 0.717) is 12.4 Å². The van der Waals surface area contributed by atoms with Crippen molar-refractivity contribution < 1.29 is 4.74 Å². The molecule has 0 spiro atoms. The van der Waals surface area contributed by atoms with Crippen LogP contribution in [-0.4, -0.2) is 9.13 Å². The lowest BCUT2D eigenvalue weighted by Gasteiger charge is -2.14. The van der Waals surface area contributed by atoms with Crippen molar-refractivity contribution in [2.45, 2.75) is 32.0 Å². The molecule has 1 aromatic heterocycles. The quantitative estimate of drug-likeness (QED) is 0.666. The summed E-state index contributed by atoms with van der Waals surface area (Å²) in [5.74, 6) is 0.609. The van der Waals surface area contributed by atoms with Crippen LogP contribution >= 0.6 is 0 Å². The second-order valence-electron chi connectivity index (χ2n) is 6.85. The summed E-state index contributed by atoms with van der Waals surface area (Å²) < 4.78 is 8.57. The van der Waals surface area contributed by atoms with Gasteiger partial charge in [-0.3, -0.25) is 13.9 Å². The third-order valence-corrected chi connectivity index (χ3v) is 4.79. The molecule has 0 saturated heterocycles. The molecule has 140 valence electrons. The van der Waals surface area contributed by atoms with Gasteiger partial charge in [0.05, 0.1) is 6.54 Å². The molecule has 4 rings (SSSR count). The number of rotatable bonds is 6. The van der Waals surface area contributed by atoms with Crippen LogP contribution < -0.4 is 16.0 Å². The lowest BCUT2D eigenvalue weighted by molar-refractivity contribution is 0.302. The van der Waals surface area contributed by atoms with Gasteiger partial charge in [0.1, 0.15) is 24.0 Å². The van der Waals surface area contributed by atoms with Gasteiger partial charge >= 0.3 is 5.69 Å². The number of hydrogen-bond acceptors (Lipinski definition) is 4. The van der Waals surface area contributed by atoms with Crippen LogP contribution in [0.3, 0.4) is 0 Å². The number of benzene rings is 2. The van der Waals surface area contributed by atoms with Gasteiger partial charge in [0, 0.05) is 17.8 Å². The molecule has 6 heteroatoms. The van der Waals surface area contributed by atoms with Crippen LogP contribution in [0, 0.1) is 11.3 Å². The second-order valence-corrected chi connectivity index (χ2v) is 6.85. The van der Waals surface area contributed by atoms with Gasteiger partial charge in [0.2, 0.25) is 0 Å². The van der Waals surface area contributed by atoms with Gasteiger partial charge in [-0.1, -0.05) is 48.5 Å². The first-order chi connectivity index (χ1) is 13.7. The molecule has 3 aromatic rings. The zero-order valence-electron chi connectivity index (χ0n) is 15.2. The van der Waals surface area contributed by atoms with Gasteiger partial charge in [-0.15, -0.1) is 0 Å². The Morgan fingerprint density at radius 2 is 1.75 bits per heavy atom. The van der Waals surface area contributed by atoms with Crippen molar-refractivity contribution in [1.29, 1.82) is 5.26 Å². The lowest BCUT2D eigenvalue weighted by atomic mass is 10.2. The Morgan fingerprint density at radius 1 is 1.04 bits per heavy atom. The minimum atomic E-state index is -0.567. The van der Waals surface area contributed by atoms with Gasteiger partial charge in [-0.05, 0) is 24.5 Å². The Bertz CT molecular complexity index is 1150. The van der Waals surface area contributed by atoms with Crippen LogP contribution in [0.1, 0.15) is 35.6 Å². The molecular formula is C22H19N3O3. The van der Waals surface area contributed by atoms with E-state index in [2.05, 4.69) is 0 Å². The third-order valence-electron chi connectivity index (χ3n) is 4.79. The molecule has 1 fully saturated rings. The molecule has 2 aromatic carbocycles. The van der Waals surface area contributed by atoms with E-state index in [1.165, 1.54) is 10.8 Å². The predicted octanol–water partition coefficient (Wildman–Crippen LogP) is 2.84. The number of aromatic nitrogens is 2. The maximum Gasteiger partial charge on any atom is 0.331 e. The van der Waals surface area contributed by atoms with Crippen LogP contribution in [-0.2, 0) is 13.2 Å². The van der Waals surface area contributed by atoms with E-state index in [9.17, 15) is 14.9 Å². The molecule has 0 amide bonds. The van der Waals surface area contributed by atoms with Crippen molar-refractivity contribution >= 4 is 0 Å².